The number of nitrogens with one attached hydrogen (secondary N) is 1. The summed E-state index contributed by atoms with van der Waals surface area (Å²) in [6, 6.07) is 0. The minimum Gasteiger partial charge on any atom is -0.388 e. The van der Waals surface area contributed by atoms with Crippen LogP contribution >= 0.6 is 0 Å². The first kappa shape index (κ1) is 17.3. The molecule has 3 nitrogen and oxygen atoms in total. The van der Waals surface area contributed by atoms with Crippen molar-refractivity contribution in [2.75, 3.05) is 0 Å². The average Bonchev–Trinajstić information content (AvgIpc) is 2.25. The second kappa shape index (κ2) is 5.54. The molecule has 0 radical (unpaired) electrons. The van der Waals surface area contributed by atoms with Gasteiger partial charge in [-0.25, -0.2) is 0 Å². The van der Waals surface area contributed by atoms with Gasteiger partial charge in [0.05, 0.1) is 17.1 Å². The van der Waals surface area contributed by atoms with E-state index in [0.29, 0.717) is 12.8 Å². The van der Waals surface area contributed by atoms with Crippen molar-refractivity contribution in [2.24, 2.45) is 11.8 Å². The topological polar surface area (TPSA) is 49.3 Å². The molecule has 1 aliphatic carbocycles. The Kier molecular flexibility index (Phi) is 4.79. The van der Waals surface area contributed by atoms with Crippen molar-refractivity contribution in [3.8, 4) is 0 Å². The van der Waals surface area contributed by atoms with Gasteiger partial charge in [0.2, 0.25) is 5.91 Å². The lowest BCUT2D eigenvalue weighted by Gasteiger charge is -2.40. The highest BCUT2D eigenvalue weighted by atomic mass is 19.4. The van der Waals surface area contributed by atoms with Crippen LogP contribution in [0.5, 0.6) is 0 Å². The SMILES string of the molecule is CC(C)(O)C(C)(C)NC(=O)C1CCCCC1C(F)(F)F. The molecule has 0 aromatic rings. The molecule has 2 unspecified atom stereocenters. The lowest BCUT2D eigenvalue weighted by atomic mass is 9.77. The molecule has 1 saturated carbocycles. The molecule has 118 valence electrons. The second-order valence-corrected chi connectivity index (χ2v) is 6.71. The van der Waals surface area contributed by atoms with E-state index >= 15 is 0 Å². The molecule has 20 heavy (non-hydrogen) atoms. The van der Waals surface area contributed by atoms with Gasteiger partial charge in [0.1, 0.15) is 0 Å². The van der Waals surface area contributed by atoms with Crippen LogP contribution in [0.15, 0.2) is 0 Å². The predicted octanol–water partition coefficient (Wildman–Crippen LogP) is 3.02. The van der Waals surface area contributed by atoms with E-state index in [9.17, 15) is 23.1 Å². The van der Waals surface area contributed by atoms with Crippen molar-refractivity contribution in [2.45, 2.75) is 70.7 Å². The molecular weight excluding hydrogens is 271 g/mol. The summed E-state index contributed by atoms with van der Waals surface area (Å²) in [5.74, 6) is -3.24. The Morgan fingerprint density at radius 2 is 1.60 bits per heavy atom. The number of alkyl halides is 3. The number of amides is 1. The second-order valence-electron chi connectivity index (χ2n) is 6.71. The Hall–Kier alpha value is -0.780. The van der Waals surface area contributed by atoms with Crippen molar-refractivity contribution in [1.82, 2.24) is 5.32 Å². The zero-order chi connectivity index (χ0) is 15.8. The highest BCUT2D eigenvalue weighted by Crippen LogP contribution is 2.41. The van der Waals surface area contributed by atoms with Crippen molar-refractivity contribution in [3.05, 3.63) is 0 Å². The summed E-state index contributed by atoms with van der Waals surface area (Å²) in [5.41, 5.74) is -2.21. The van der Waals surface area contributed by atoms with Crippen LogP contribution in [-0.4, -0.2) is 28.3 Å². The summed E-state index contributed by atoms with van der Waals surface area (Å²) >= 11 is 0. The van der Waals surface area contributed by atoms with Crippen LogP contribution in [0.3, 0.4) is 0 Å². The highest BCUT2D eigenvalue weighted by Gasteiger charge is 2.49. The van der Waals surface area contributed by atoms with Gasteiger partial charge in [0.25, 0.3) is 0 Å². The monoisotopic (exact) mass is 295 g/mol. The Labute approximate surface area is 117 Å². The highest BCUT2D eigenvalue weighted by molar-refractivity contribution is 5.80. The average molecular weight is 295 g/mol. The van der Waals surface area contributed by atoms with Gasteiger partial charge in [-0.15, -0.1) is 0 Å². The summed E-state index contributed by atoms with van der Waals surface area (Å²) in [4.78, 5) is 12.2. The van der Waals surface area contributed by atoms with E-state index in [1.54, 1.807) is 13.8 Å². The third kappa shape index (κ3) is 3.87. The van der Waals surface area contributed by atoms with Gasteiger partial charge in [-0.2, -0.15) is 13.2 Å². The molecular formula is C14H24F3NO2. The first-order chi connectivity index (χ1) is 8.86. The summed E-state index contributed by atoms with van der Waals surface area (Å²) in [5, 5.41) is 12.6. The molecule has 1 amide bonds. The van der Waals surface area contributed by atoms with Gasteiger partial charge in [-0.3, -0.25) is 4.79 Å². The first-order valence-corrected chi connectivity index (χ1v) is 6.97. The molecule has 0 aliphatic heterocycles. The van der Waals surface area contributed by atoms with E-state index in [1.807, 2.05) is 0 Å². The third-order valence-electron chi connectivity index (χ3n) is 4.49. The molecule has 0 aromatic carbocycles. The van der Waals surface area contributed by atoms with Gasteiger partial charge in [-0.05, 0) is 40.5 Å². The van der Waals surface area contributed by atoms with E-state index in [4.69, 9.17) is 0 Å². The van der Waals surface area contributed by atoms with E-state index in [0.717, 1.165) is 0 Å². The lowest BCUT2D eigenvalue weighted by Crippen LogP contribution is -2.60. The standard InChI is InChI=1S/C14H24F3NO2/c1-12(2,13(3,4)20)18-11(19)9-7-5-6-8-10(9)14(15,16)17/h9-10,20H,5-8H2,1-4H3,(H,18,19). The van der Waals surface area contributed by atoms with Crippen LogP contribution in [0.25, 0.3) is 0 Å². The van der Waals surface area contributed by atoms with Gasteiger partial charge in [0, 0.05) is 5.92 Å². The van der Waals surface area contributed by atoms with Crippen LogP contribution in [0, 0.1) is 11.8 Å². The van der Waals surface area contributed by atoms with Gasteiger partial charge >= 0.3 is 6.18 Å². The zero-order valence-corrected chi connectivity index (χ0v) is 12.5. The summed E-state index contributed by atoms with van der Waals surface area (Å²) < 4.78 is 39.0. The largest absolute Gasteiger partial charge is 0.392 e. The quantitative estimate of drug-likeness (QED) is 0.841. The van der Waals surface area contributed by atoms with Gasteiger partial charge < -0.3 is 10.4 Å². The minimum atomic E-state index is -4.35. The molecule has 1 rings (SSSR count). The van der Waals surface area contributed by atoms with Gasteiger partial charge in [0.15, 0.2) is 0 Å². The van der Waals surface area contributed by atoms with E-state index in [2.05, 4.69) is 5.32 Å². The number of carbonyl (C=O) groups is 1. The maximum atomic E-state index is 13.0. The smallest absolute Gasteiger partial charge is 0.388 e. The van der Waals surface area contributed by atoms with Crippen LogP contribution in [-0.2, 0) is 4.79 Å². The molecule has 6 heteroatoms. The molecule has 2 atom stereocenters. The fourth-order valence-corrected chi connectivity index (χ4v) is 2.39. The Bertz CT molecular complexity index is 358. The maximum absolute atomic E-state index is 13.0. The third-order valence-corrected chi connectivity index (χ3v) is 4.49. The Morgan fingerprint density at radius 1 is 1.10 bits per heavy atom. The van der Waals surface area contributed by atoms with Crippen molar-refractivity contribution >= 4 is 5.91 Å². The normalized spacial score (nSPS) is 25.4. The number of hydrogen-bond donors (Lipinski definition) is 2. The molecule has 0 aromatic heterocycles. The summed E-state index contributed by atoms with van der Waals surface area (Å²) in [6.45, 7) is 6.26. The minimum absolute atomic E-state index is 0.00450. The van der Waals surface area contributed by atoms with Crippen LogP contribution < -0.4 is 5.32 Å². The Balaban J connectivity index is 2.84. The fourth-order valence-electron chi connectivity index (χ4n) is 2.39. The van der Waals surface area contributed by atoms with E-state index in [-0.39, 0.29) is 12.8 Å². The van der Waals surface area contributed by atoms with Gasteiger partial charge in [-0.1, -0.05) is 12.8 Å². The zero-order valence-electron chi connectivity index (χ0n) is 12.5. The molecule has 1 fully saturated rings. The Morgan fingerprint density at radius 3 is 2.05 bits per heavy atom. The van der Waals surface area contributed by atoms with Crippen LogP contribution in [0.1, 0.15) is 53.4 Å². The molecule has 0 heterocycles. The van der Waals surface area contributed by atoms with Crippen LogP contribution in [0.2, 0.25) is 0 Å². The van der Waals surface area contributed by atoms with Crippen LogP contribution in [0.4, 0.5) is 13.2 Å². The fraction of sp³-hybridized carbons (Fsp3) is 0.929. The number of carbonyl (C=O) groups excluding carboxylic acids is 1. The van der Waals surface area contributed by atoms with Crippen molar-refractivity contribution in [1.29, 1.82) is 0 Å². The maximum Gasteiger partial charge on any atom is 0.392 e. The number of rotatable bonds is 3. The molecule has 0 spiro atoms. The number of aliphatic hydroxyl groups is 1. The number of hydrogen-bond acceptors (Lipinski definition) is 2. The van der Waals surface area contributed by atoms with Crippen molar-refractivity contribution in [3.63, 3.8) is 0 Å². The molecule has 0 saturated heterocycles. The van der Waals surface area contributed by atoms with E-state index < -0.39 is 35.1 Å². The summed E-state index contributed by atoms with van der Waals surface area (Å²) in [6.07, 6.45) is -2.96. The lowest BCUT2D eigenvalue weighted by molar-refractivity contribution is -0.199. The first-order valence-electron chi connectivity index (χ1n) is 6.97. The number of halogens is 3. The molecule has 0 bridgehead atoms. The molecule has 1 aliphatic rings. The predicted molar refractivity (Wildman–Crippen MR) is 70.0 cm³/mol. The van der Waals surface area contributed by atoms with E-state index in [1.165, 1.54) is 13.8 Å². The molecule has 2 N–H and O–H groups in total. The van der Waals surface area contributed by atoms with Crippen molar-refractivity contribution < 1.29 is 23.1 Å². The summed E-state index contributed by atoms with van der Waals surface area (Å²) in [7, 11) is 0.